The number of anilines is 2. The Kier molecular flexibility index (Phi) is 6.68. The van der Waals surface area contributed by atoms with Crippen molar-refractivity contribution in [2.45, 2.75) is 39.5 Å². The molecule has 0 aliphatic heterocycles. The van der Waals surface area contributed by atoms with Gasteiger partial charge in [-0.3, -0.25) is 0 Å². The fourth-order valence-corrected chi connectivity index (χ4v) is 3.12. The molecule has 0 spiro atoms. The topological polar surface area (TPSA) is 33.3 Å². The molecule has 0 bridgehead atoms. The molecule has 2 aromatic carbocycles. The Balaban J connectivity index is 2.31. The Bertz CT molecular complexity index is 733. The van der Waals surface area contributed by atoms with Crippen molar-refractivity contribution in [3.8, 4) is 5.75 Å². The second-order valence-electron chi connectivity index (χ2n) is 6.54. The molecule has 0 aliphatic rings. The SMILES string of the molecule is COc1ccc(Cl)cc1NC(=S)Nc1c(C(C)C)cccc1C(C)C. The minimum absolute atomic E-state index is 0.393. The third-order valence-electron chi connectivity index (χ3n) is 4.02. The molecule has 0 heterocycles. The maximum Gasteiger partial charge on any atom is 0.175 e. The van der Waals surface area contributed by atoms with Crippen LogP contribution in [0.2, 0.25) is 5.02 Å². The van der Waals surface area contributed by atoms with Gasteiger partial charge in [0.05, 0.1) is 12.8 Å². The highest BCUT2D eigenvalue weighted by atomic mass is 35.5. The Morgan fingerprint density at radius 3 is 2.12 bits per heavy atom. The van der Waals surface area contributed by atoms with Crippen molar-refractivity contribution in [2.75, 3.05) is 17.7 Å². The van der Waals surface area contributed by atoms with Gasteiger partial charge < -0.3 is 15.4 Å². The van der Waals surface area contributed by atoms with Crippen LogP contribution in [-0.2, 0) is 0 Å². The van der Waals surface area contributed by atoms with Crippen molar-refractivity contribution in [3.05, 3.63) is 52.5 Å². The fourth-order valence-electron chi connectivity index (χ4n) is 2.74. The van der Waals surface area contributed by atoms with Crippen molar-refractivity contribution in [1.29, 1.82) is 0 Å². The first-order chi connectivity index (χ1) is 11.8. The number of hydrogen-bond donors (Lipinski definition) is 2. The van der Waals surface area contributed by atoms with Gasteiger partial charge in [0.2, 0.25) is 0 Å². The number of hydrogen-bond acceptors (Lipinski definition) is 2. The molecule has 0 radical (unpaired) electrons. The van der Waals surface area contributed by atoms with E-state index in [1.54, 1.807) is 19.2 Å². The van der Waals surface area contributed by atoms with Gasteiger partial charge in [-0.2, -0.15) is 0 Å². The third-order valence-corrected chi connectivity index (χ3v) is 4.46. The molecule has 0 unspecified atom stereocenters. The molecule has 0 aliphatic carbocycles. The monoisotopic (exact) mass is 376 g/mol. The quantitative estimate of drug-likeness (QED) is 0.591. The predicted octanol–water partition coefficient (Wildman–Crippen LogP) is 6.40. The summed E-state index contributed by atoms with van der Waals surface area (Å²) in [5, 5.41) is 7.71. The first-order valence-electron chi connectivity index (χ1n) is 8.37. The van der Waals surface area contributed by atoms with E-state index < -0.39 is 0 Å². The van der Waals surface area contributed by atoms with E-state index in [-0.39, 0.29) is 0 Å². The lowest BCUT2D eigenvalue weighted by atomic mass is 9.93. The summed E-state index contributed by atoms with van der Waals surface area (Å²) in [6, 6.07) is 11.8. The van der Waals surface area contributed by atoms with Crippen molar-refractivity contribution in [1.82, 2.24) is 0 Å². The number of halogens is 1. The molecule has 3 nitrogen and oxygen atoms in total. The standard InChI is InChI=1S/C20H25ClN2OS/c1-12(2)15-7-6-8-16(13(3)4)19(15)23-20(25)22-17-11-14(21)9-10-18(17)24-5/h6-13H,1-5H3,(H2,22,23,25). The number of thiocarbonyl (C=S) groups is 1. The average molecular weight is 377 g/mol. The first kappa shape index (κ1) is 19.5. The van der Waals surface area contributed by atoms with Gasteiger partial charge in [-0.05, 0) is 53.4 Å². The second kappa shape index (κ2) is 8.54. The summed E-state index contributed by atoms with van der Waals surface area (Å²) in [6.45, 7) is 8.73. The third kappa shape index (κ3) is 4.86. The van der Waals surface area contributed by atoms with Gasteiger partial charge in [-0.1, -0.05) is 57.5 Å². The Morgan fingerprint density at radius 1 is 1.00 bits per heavy atom. The van der Waals surface area contributed by atoms with Gasteiger partial charge in [0.1, 0.15) is 5.75 Å². The van der Waals surface area contributed by atoms with Gasteiger partial charge in [0.25, 0.3) is 0 Å². The van der Waals surface area contributed by atoms with E-state index in [1.807, 2.05) is 6.07 Å². The maximum atomic E-state index is 6.09. The lowest BCUT2D eigenvalue weighted by molar-refractivity contribution is 0.417. The van der Waals surface area contributed by atoms with E-state index in [4.69, 9.17) is 28.6 Å². The maximum absolute atomic E-state index is 6.09. The van der Waals surface area contributed by atoms with Crippen molar-refractivity contribution < 1.29 is 4.74 Å². The number of nitrogens with one attached hydrogen (secondary N) is 2. The zero-order chi connectivity index (χ0) is 18.6. The number of benzene rings is 2. The van der Waals surface area contributed by atoms with Crippen LogP contribution >= 0.6 is 23.8 Å². The van der Waals surface area contributed by atoms with Gasteiger partial charge in [-0.25, -0.2) is 0 Å². The van der Waals surface area contributed by atoms with Crippen LogP contribution in [0.25, 0.3) is 0 Å². The van der Waals surface area contributed by atoms with Crippen LogP contribution in [0.3, 0.4) is 0 Å². The minimum atomic E-state index is 0.393. The molecular formula is C20H25ClN2OS. The van der Waals surface area contributed by atoms with Crippen LogP contribution in [0.4, 0.5) is 11.4 Å². The van der Waals surface area contributed by atoms with E-state index in [2.05, 4.69) is 56.5 Å². The smallest absolute Gasteiger partial charge is 0.175 e. The molecule has 134 valence electrons. The van der Waals surface area contributed by atoms with E-state index >= 15 is 0 Å². The minimum Gasteiger partial charge on any atom is -0.495 e. The molecule has 2 aromatic rings. The zero-order valence-corrected chi connectivity index (χ0v) is 16.9. The highest BCUT2D eigenvalue weighted by Crippen LogP contribution is 2.33. The summed E-state index contributed by atoms with van der Waals surface area (Å²) in [5.74, 6) is 1.48. The van der Waals surface area contributed by atoms with E-state index in [0.717, 1.165) is 11.4 Å². The van der Waals surface area contributed by atoms with Crippen LogP contribution in [0.15, 0.2) is 36.4 Å². The molecule has 0 amide bonds. The molecule has 5 heteroatoms. The number of methoxy groups -OCH3 is 1. The normalized spacial score (nSPS) is 10.9. The highest BCUT2D eigenvalue weighted by Gasteiger charge is 2.15. The zero-order valence-electron chi connectivity index (χ0n) is 15.3. The Labute approximate surface area is 160 Å². The van der Waals surface area contributed by atoms with Crippen LogP contribution in [0, 0.1) is 0 Å². The van der Waals surface area contributed by atoms with Crippen LogP contribution in [0.5, 0.6) is 5.75 Å². The molecule has 2 rings (SSSR count). The molecule has 2 N–H and O–H groups in total. The molecule has 0 fully saturated rings. The van der Waals surface area contributed by atoms with Gasteiger partial charge in [-0.15, -0.1) is 0 Å². The lowest BCUT2D eigenvalue weighted by Crippen LogP contribution is -2.21. The summed E-state index contributed by atoms with van der Waals surface area (Å²) < 4.78 is 5.37. The summed E-state index contributed by atoms with van der Waals surface area (Å²) >= 11 is 11.6. The number of ether oxygens (including phenoxy) is 1. The first-order valence-corrected chi connectivity index (χ1v) is 9.16. The molecule has 0 atom stereocenters. The second-order valence-corrected chi connectivity index (χ2v) is 7.39. The van der Waals surface area contributed by atoms with Crippen LogP contribution < -0.4 is 15.4 Å². The molecule has 0 saturated carbocycles. The molecule has 25 heavy (non-hydrogen) atoms. The van der Waals surface area contributed by atoms with Crippen LogP contribution in [0.1, 0.15) is 50.7 Å². The fraction of sp³-hybridized carbons (Fsp3) is 0.350. The lowest BCUT2D eigenvalue weighted by Gasteiger charge is -2.22. The van der Waals surface area contributed by atoms with E-state index in [9.17, 15) is 0 Å². The van der Waals surface area contributed by atoms with Gasteiger partial charge in [0.15, 0.2) is 5.11 Å². The Morgan fingerprint density at radius 2 is 1.60 bits per heavy atom. The molecule has 0 aromatic heterocycles. The van der Waals surface area contributed by atoms with E-state index in [0.29, 0.717) is 27.7 Å². The molecule has 0 saturated heterocycles. The average Bonchev–Trinajstić information content (AvgIpc) is 2.54. The predicted molar refractivity (Wildman–Crippen MR) is 112 cm³/mol. The van der Waals surface area contributed by atoms with Crippen molar-refractivity contribution >= 4 is 40.3 Å². The molecular weight excluding hydrogens is 352 g/mol. The number of rotatable bonds is 5. The summed E-state index contributed by atoms with van der Waals surface area (Å²) in [6.07, 6.45) is 0. The van der Waals surface area contributed by atoms with E-state index in [1.165, 1.54) is 11.1 Å². The summed E-state index contributed by atoms with van der Waals surface area (Å²) in [4.78, 5) is 0. The number of para-hydroxylation sites is 1. The van der Waals surface area contributed by atoms with Gasteiger partial charge in [0, 0.05) is 10.7 Å². The van der Waals surface area contributed by atoms with Crippen molar-refractivity contribution in [2.24, 2.45) is 0 Å². The summed E-state index contributed by atoms with van der Waals surface area (Å²) in [7, 11) is 1.62. The van der Waals surface area contributed by atoms with Crippen molar-refractivity contribution in [3.63, 3.8) is 0 Å². The Hall–Kier alpha value is -1.78. The summed E-state index contributed by atoms with van der Waals surface area (Å²) in [5.41, 5.74) is 4.30. The largest absolute Gasteiger partial charge is 0.495 e. The highest BCUT2D eigenvalue weighted by molar-refractivity contribution is 7.80. The van der Waals surface area contributed by atoms with Crippen LogP contribution in [-0.4, -0.2) is 12.2 Å². The van der Waals surface area contributed by atoms with Gasteiger partial charge >= 0.3 is 0 Å².